The van der Waals surface area contributed by atoms with Crippen LogP contribution < -0.4 is 5.32 Å². The monoisotopic (exact) mass is 503 g/mol. The van der Waals surface area contributed by atoms with E-state index in [2.05, 4.69) is 55.3 Å². The Morgan fingerprint density at radius 2 is 1.64 bits per heavy atom. The first-order valence-electron chi connectivity index (χ1n) is 10.7. The standard InChI is InChI=1S/C26H28Cl3N3O/c1-26(2,3)19-8-5-18(6-9-19)16-32(12-11-17-7-10-22(28)23(29)13-17)25(33)21-14-20(27)15-31-24(21)30-4/h5-10,13-15H,11-12,16H2,1-4H3,(H,30,31). The molecule has 4 nitrogen and oxygen atoms in total. The van der Waals surface area contributed by atoms with E-state index in [4.69, 9.17) is 34.8 Å². The van der Waals surface area contributed by atoms with Crippen LogP contribution in [0.5, 0.6) is 0 Å². The highest BCUT2D eigenvalue weighted by molar-refractivity contribution is 6.42. The highest BCUT2D eigenvalue weighted by atomic mass is 35.5. The lowest BCUT2D eigenvalue weighted by Gasteiger charge is -2.25. The fraction of sp³-hybridized carbons (Fsp3) is 0.308. The number of nitrogens with one attached hydrogen (secondary N) is 1. The summed E-state index contributed by atoms with van der Waals surface area (Å²) in [6.07, 6.45) is 2.15. The molecule has 0 aliphatic rings. The fourth-order valence-electron chi connectivity index (χ4n) is 3.51. The average Bonchev–Trinajstić information content (AvgIpc) is 2.78. The molecule has 7 heteroatoms. The Morgan fingerprint density at radius 1 is 0.970 bits per heavy atom. The molecular weight excluding hydrogens is 477 g/mol. The van der Waals surface area contributed by atoms with Crippen LogP contribution in [-0.2, 0) is 18.4 Å². The predicted molar refractivity (Wildman–Crippen MR) is 139 cm³/mol. The van der Waals surface area contributed by atoms with Crippen molar-refractivity contribution in [2.24, 2.45) is 0 Å². The van der Waals surface area contributed by atoms with Crippen molar-refractivity contribution in [3.8, 4) is 0 Å². The van der Waals surface area contributed by atoms with Gasteiger partial charge in [0.25, 0.3) is 5.91 Å². The number of amides is 1. The van der Waals surface area contributed by atoms with Crippen molar-refractivity contribution in [3.05, 3.63) is 92.0 Å². The first-order valence-corrected chi connectivity index (χ1v) is 11.9. The van der Waals surface area contributed by atoms with Crippen LogP contribution in [0.25, 0.3) is 0 Å². The molecule has 174 valence electrons. The number of nitrogens with zero attached hydrogens (tertiary/aromatic N) is 2. The number of carbonyl (C=O) groups excluding carboxylic acids is 1. The molecule has 0 bridgehead atoms. The minimum absolute atomic E-state index is 0.0655. The molecular formula is C26H28Cl3N3O. The third-order valence-corrected chi connectivity index (χ3v) is 6.40. The summed E-state index contributed by atoms with van der Waals surface area (Å²) in [5, 5.41) is 4.41. The zero-order valence-electron chi connectivity index (χ0n) is 19.3. The summed E-state index contributed by atoms with van der Waals surface area (Å²) >= 11 is 18.4. The van der Waals surface area contributed by atoms with Gasteiger partial charge in [-0.25, -0.2) is 4.98 Å². The summed E-state index contributed by atoms with van der Waals surface area (Å²) in [5.41, 5.74) is 3.80. The van der Waals surface area contributed by atoms with Gasteiger partial charge in [-0.3, -0.25) is 4.79 Å². The first-order chi connectivity index (χ1) is 15.6. The van der Waals surface area contributed by atoms with Crippen LogP contribution in [0.2, 0.25) is 15.1 Å². The first kappa shape index (κ1) is 25.4. The smallest absolute Gasteiger partial charge is 0.257 e. The van der Waals surface area contributed by atoms with E-state index >= 15 is 0 Å². The largest absolute Gasteiger partial charge is 0.372 e. The molecule has 1 N–H and O–H groups in total. The molecule has 0 radical (unpaired) electrons. The molecule has 33 heavy (non-hydrogen) atoms. The lowest BCUT2D eigenvalue weighted by atomic mass is 9.87. The van der Waals surface area contributed by atoms with Crippen LogP contribution in [-0.4, -0.2) is 29.4 Å². The van der Waals surface area contributed by atoms with Gasteiger partial charge < -0.3 is 10.2 Å². The second kappa shape index (κ2) is 10.8. The topological polar surface area (TPSA) is 45.2 Å². The second-order valence-electron chi connectivity index (χ2n) is 8.97. The summed E-state index contributed by atoms with van der Waals surface area (Å²) in [4.78, 5) is 19.7. The van der Waals surface area contributed by atoms with E-state index in [9.17, 15) is 4.79 Å². The van der Waals surface area contributed by atoms with E-state index in [0.717, 1.165) is 11.1 Å². The van der Waals surface area contributed by atoms with Gasteiger partial charge in [0.1, 0.15) is 5.82 Å². The molecule has 3 rings (SSSR count). The Balaban J connectivity index is 1.89. The number of halogens is 3. The quantitative estimate of drug-likeness (QED) is 0.368. The van der Waals surface area contributed by atoms with Crippen LogP contribution in [0.3, 0.4) is 0 Å². The lowest BCUT2D eigenvalue weighted by molar-refractivity contribution is 0.0745. The number of carbonyl (C=O) groups is 1. The van der Waals surface area contributed by atoms with Crippen LogP contribution >= 0.6 is 34.8 Å². The summed E-state index contributed by atoms with van der Waals surface area (Å²) in [5.74, 6) is 0.348. The molecule has 2 aromatic carbocycles. The van der Waals surface area contributed by atoms with Gasteiger partial charge in [0.15, 0.2) is 0 Å². The van der Waals surface area contributed by atoms with Crippen molar-refractivity contribution < 1.29 is 4.79 Å². The number of pyridine rings is 1. The molecule has 0 atom stereocenters. The van der Waals surface area contributed by atoms with E-state index in [-0.39, 0.29) is 11.3 Å². The number of rotatable bonds is 7. The number of benzene rings is 2. The van der Waals surface area contributed by atoms with E-state index in [1.165, 1.54) is 11.8 Å². The fourth-order valence-corrected chi connectivity index (χ4v) is 3.99. The van der Waals surface area contributed by atoms with Crippen molar-refractivity contribution in [1.29, 1.82) is 0 Å². The van der Waals surface area contributed by atoms with Gasteiger partial charge in [-0.15, -0.1) is 0 Å². The average molecular weight is 505 g/mol. The molecule has 0 unspecified atom stereocenters. The second-order valence-corrected chi connectivity index (χ2v) is 10.2. The maximum atomic E-state index is 13.6. The summed E-state index contributed by atoms with van der Waals surface area (Å²) in [7, 11) is 1.73. The molecule has 0 aliphatic heterocycles. The van der Waals surface area contributed by atoms with Crippen LogP contribution in [0.4, 0.5) is 5.82 Å². The highest BCUT2D eigenvalue weighted by Gasteiger charge is 2.21. The van der Waals surface area contributed by atoms with Crippen molar-refractivity contribution in [2.45, 2.75) is 39.2 Å². The van der Waals surface area contributed by atoms with Gasteiger partial charge in [-0.05, 0) is 46.7 Å². The highest BCUT2D eigenvalue weighted by Crippen LogP contribution is 2.25. The Morgan fingerprint density at radius 3 is 2.24 bits per heavy atom. The molecule has 1 amide bonds. The Bertz CT molecular complexity index is 1120. The maximum absolute atomic E-state index is 13.6. The molecule has 0 fully saturated rings. The van der Waals surface area contributed by atoms with Crippen LogP contribution in [0.15, 0.2) is 54.7 Å². The number of hydrogen-bond donors (Lipinski definition) is 1. The molecule has 0 saturated heterocycles. The van der Waals surface area contributed by atoms with E-state index in [1.807, 2.05) is 17.0 Å². The van der Waals surface area contributed by atoms with E-state index in [1.54, 1.807) is 19.2 Å². The van der Waals surface area contributed by atoms with Gasteiger partial charge in [0.2, 0.25) is 0 Å². The zero-order valence-corrected chi connectivity index (χ0v) is 21.5. The van der Waals surface area contributed by atoms with Crippen molar-refractivity contribution in [1.82, 2.24) is 9.88 Å². The SMILES string of the molecule is CNc1ncc(Cl)cc1C(=O)N(CCc1ccc(Cl)c(Cl)c1)Cc1ccc(C(C)(C)C)cc1. The normalized spacial score (nSPS) is 11.4. The Hall–Kier alpha value is -2.27. The van der Waals surface area contributed by atoms with Gasteiger partial charge in [-0.1, -0.05) is 85.9 Å². The van der Waals surface area contributed by atoms with Gasteiger partial charge in [-0.2, -0.15) is 0 Å². The molecule has 1 aromatic heterocycles. The minimum Gasteiger partial charge on any atom is -0.372 e. The van der Waals surface area contributed by atoms with Crippen LogP contribution in [0.1, 0.15) is 47.8 Å². The summed E-state index contributed by atoms with van der Waals surface area (Å²) < 4.78 is 0. The predicted octanol–water partition coefficient (Wildman–Crippen LogP) is 7.27. The summed E-state index contributed by atoms with van der Waals surface area (Å²) in [6, 6.07) is 15.6. The van der Waals surface area contributed by atoms with Crippen molar-refractivity contribution >= 4 is 46.5 Å². The number of anilines is 1. The minimum atomic E-state index is -0.144. The van der Waals surface area contributed by atoms with Crippen LogP contribution in [0, 0.1) is 0 Å². The molecule has 0 spiro atoms. The lowest BCUT2D eigenvalue weighted by Crippen LogP contribution is -2.33. The zero-order chi connectivity index (χ0) is 24.2. The van der Waals surface area contributed by atoms with Crippen molar-refractivity contribution in [2.75, 3.05) is 18.9 Å². The number of aromatic nitrogens is 1. The third-order valence-electron chi connectivity index (χ3n) is 5.46. The maximum Gasteiger partial charge on any atom is 0.257 e. The number of hydrogen-bond acceptors (Lipinski definition) is 3. The van der Waals surface area contributed by atoms with E-state index < -0.39 is 0 Å². The third kappa shape index (κ3) is 6.63. The van der Waals surface area contributed by atoms with Gasteiger partial charge in [0, 0.05) is 26.3 Å². The van der Waals surface area contributed by atoms with E-state index in [0.29, 0.717) is 46.0 Å². The molecule has 0 saturated carbocycles. The summed E-state index contributed by atoms with van der Waals surface area (Å²) in [6.45, 7) is 7.50. The molecule has 1 heterocycles. The van der Waals surface area contributed by atoms with Gasteiger partial charge >= 0.3 is 0 Å². The van der Waals surface area contributed by atoms with Gasteiger partial charge in [0.05, 0.1) is 20.6 Å². The molecule has 0 aliphatic carbocycles. The Labute approximate surface area is 210 Å². The Kier molecular flexibility index (Phi) is 8.28. The van der Waals surface area contributed by atoms with Crippen molar-refractivity contribution in [3.63, 3.8) is 0 Å². The molecule has 3 aromatic rings.